The molecule has 2 rings (SSSR count). The quantitative estimate of drug-likeness (QED) is 0.156. The number of amides is 2. The summed E-state index contributed by atoms with van der Waals surface area (Å²) in [4.78, 5) is 23.9. The van der Waals surface area contributed by atoms with Gasteiger partial charge >= 0.3 is 0 Å². The average Bonchev–Trinajstić information content (AvgIpc) is 2.90. The lowest BCUT2D eigenvalue weighted by molar-refractivity contribution is -0.126. The molecule has 0 aromatic heterocycles. The Balaban J connectivity index is 1.62. The topological polar surface area (TPSA) is 89.0 Å². The fourth-order valence-corrected chi connectivity index (χ4v) is 3.70. The van der Waals surface area contributed by atoms with Crippen LogP contribution in [-0.4, -0.2) is 31.7 Å². The minimum Gasteiger partial charge on any atom is -0.493 e. The molecule has 0 spiro atoms. The molecular weight excluding hydrogens is 454 g/mol. The Hall–Kier alpha value is -3.35. The highest BCUT2D eigenvalue weighted by molar-refractivity contribution is 5.86. The highest BCUT2D eigenvalue weighted by Crippen LogP contribution is 2.28. The first-order valence-electron chi connectivity index (χ1n) is 13.1. The molecule has 7 heteroatoms. The predicted molar refractivity (Wildman–Crippen MR) is 144 cm³/mol. The Morgan fingerprint density at radius 2 is 1.56 bits per heavy atom. The second-order valence-electron chi connectivity index (χ2n) is 8.83. The molecule has 0 aliphatic heterocycles. The molecule has 0 bridgehead atoms. The zero-order valence-electron chi connectivity index (χ0n) is 21.8. The Morgan fingerprint density at radius 1 is 0.861 bits per heavy atom. The summed E-state index contributed by atoms with van der Waals surface area (Å²) in [6, 6.07) is 15.3. The Kier molecular flexibility index (Phi) is 14.4. The number of hydrogen-bond acceptors (Lipinski definition) is 5. The monoisotopic (exact) mass is 495 g/mol. The number of rotatable bonds is 18. The smallest absolute Gasteiger partial charge is 0.259 e. The van der Waals surface area contributed by atoms with E-state index in [-0.39, 0.29) is 18.4 Å². The van der Waals surface area contributed by atoms with Crippen LogP contribution in [0.15, 0.2) is 53.6 Å². The van der Waals surface area contributed by atoms with Crippen LogP contribution in [0.2, 0.25) is 0 Å². The molecule has 0 aliphatic rings. The molecule has 0 saturated carbocycles. The van der Waals surface area contributed by atoms with E-state index in [1.54, 1.807) is 19.2 Å². The number of carbonyl (C=O) groups is 2. The van der Waals surface area contributed by atoms with Crippen LogP contribution in [0.1, 0.15) is 82.3 Å². The van der Waals surface area contributed by atoms with Crippen molar-refractivity contribution in [2.24, 2.45) is 5.10 Å². The van der Waals surface area contributed by atoms with E-state index in [0.717, 1.165) is 24.0 Å². The molecular formula is C29H41N3O4. The van der Waals surface area contributed by atoms with Gasteiger partial charge in [0.25, 0.3) is 5.91 Å². The maximum Gasteiger partial charge on any atom is 0.259 e. The predicted octanol–water partition coefficient (Wildman–Crippen LogP) is 5.76. The molecule has 2 aromatic carbocycles. The van der Waals surface area contributed by atoms with Crippen molar-refractivity contribution in [3.63, 3.8) is 0 Å². The molecule has 0 saturated heterocycles. The van der Waals surface area contributed by atoms with Gasteiger partial charge in [-0.25, -0.2) is 5.43 Å². The van der Waals surface area contributed by atoms with Crippen LogP contribution in [0.5, 0.6) is 11.5 Å². The van der Waals surface area contributed by atoms with E-state index in [1.807, 2.05) is 36.4 Å². The van der Waals surface area contributed by atoms with E-state index in [2.05, 4.69) is 22.8 Å². The van der Waals surface area contributed by atoms with Gasteiger partial charge in [0.2, 0.25) is 5.91 Å². The third-order valence-electron chi connectivity index (χ3n) is 5.78. The number of methoxy groups -OCH3 is 1. The van der Waals surface area contributed by atoms with Crippen molar-refractivity contribution < 1.29 is 19.1 Å². The van der Waals surface area contributed by atoms with E-state index >= 15 is 0 Å². The second-order valence-corrected chi connectivity index (χ2v) is 8.83. The fourth-order valence-electron chi connectivity index (χ4n) is 3.70. The van der Waals surface area contributed by atoms with Crippen molar-refractivity contribution in [1.82, 2.24) is 10.7 Å². The summed E-state index contributed by atoms with van der Waals surface area (Å²) in [5.41, 5.74) is 4.24. The lowest BCUT2D eigenvalue weighted by Crippen LogP contribution is -2.34. The van der Waals surface area contributed by atoms with Gasteiger partial charge in [0, 0.05) is 6.42 Å². The molecule has 0 heterocycles. The molecule has 36 heavy (non-hydrogen) atoms. The highest BCUT2D eigenvalue weighted by Gasteiger charge is 2.07. The Labute approximate surface area is 215 Å². The molecule has 2 amide bonds. The van der Waals surface area contributed by atoms with Crippen molar-refractivity contribution >= 4 is 18.0 Å². The van der Waals surface area contributed by atoms with Gasteiger partial charge in [-0.05, 0) is 35.7 Å². The molecule has 0 unspecified atom stereocenters. The van der Waals surface area contributed by atoms with Crippen LogP contribution in [0.25, 0.3) is 0 Å². The van der Waals surface area contributed by atoms with Crippen molar-refractivity contribution in [2.45, 2.75) is 77.7 Å². The van der Waals surface area contributed by atoms with Gasteiger partial charge in [-0.2, -0.15) is 5.10 Å². The molecule has 2 aromatic rings. The van der Waals surface area contributed by atoms with Crippen molar-refractivity contribution in [3.8, 4) is 11.5 Å². The first-order chi connectivity index (χ1) is 17.6. The Morgan fingerprint density at radius 3 is 2.25 bits per heavy atom. The van der Waals surface area contributed by atoms with E-state index in [0.29, 0.717) is 24.5 Å². The maximum atomic E-state index is 12.0. The first kappa shape index (κ1) is 28.9. The summed E-state index contributed by atoms with van der Waals surface area (Å²) in [6.45, 7) is 2.57. The minimum atomic E-state index is -0.374. The number of nitrogens with one attached hydrogen (secondary N) is 2. The normalized spacial score (nSPS) is 10.8. The zero-order chi connectivity index (χ0) is 25.8. The zero-order valence-corrected chi connectivity index (χ0v) is 21.8. The number of ether oxygens (including phenoxy) is 2. The van der Waals surface area contributed by atoms with Gasteiger partial charge in [-0.1, -0.05) is 88.6 Å². The van der Waals surface area contributed by atoms with Gasteiger partial charge in [-0.3, -0.25) is 9.59 Å². The van der Waals surface area contributed by atoms with Crippen LogP contribution >= 0.6 is 0 Å². The molecule has 0 radical (unpaired) electrons. The number of unbranched alkanes of at least 4 members (excludes halogenated alkanes) is 8. The molecule has 0 atom stereocenters. The Bertz CT molecular complexity index is 931. The lowest BCUT2D eigenvalue weighted by atomic mass is 10.1. The molecule has 2 N–H and O–H groups in total. The van der Waals surface area contributed by atoms with Crippen LogP contribution in [0.4, 0.5) is 0 Å². The summed E-state index contributed by atoms with van der Waals surface area (Å²) in [6.07, 6.45) is 12.8. The summed E-state index contributed by atoms with van der Waals surface area (Å²) >= 11 is 0. The number of nitrogens with zero attached hydrogens (tertiary/aromatic N) is 1. The van der Waals surface area contributed by atoms with Crippen molar-refractivity contribution in [1.29, 1.82) is 0 Å². The summed E-state index contributed by atoms with van der Waals surface area (Å²) in [5, 5.41) is 6.62. The van der Waals surface area contributed by atoms with Crippen molar-refractivity contribution in [3.05, 3.63) is 59.7 Å². The standard InChI is InChI=1S/C29H41N3O4/c1-3-4-5-6-7-8-9-10-14-17-28(33)30-22-29(34)32-31-21-25-18-19-26(27(20-25)35-2)36-23-24-15-12-11-13-16-24/h11-13,15-16,18-21H,3-10,14,17,22-23H2,1-2H3,(H,30,33)(H,32,34). The van der Waals surface area contributed by atoms with E-state index in [9.17, 15) is 9.59 Å². The molecule has 0 fully saturated rings. The molecule has 0 aliphatic carbocycles. The van der Waals surface area contributed by atoms with Gasteiger partial charge in [0.05, 0.1) is 19.9 Å². The number of carbonyl (C=O) groups excluding carboxylic acids is 2. The van der Waals surface area contributed by atoms with E-state index in [1.165, 1.54) is 51.2 Å². The van der Waals surface area contributed by atoms with Crippen LogP contribution in [0, 0.1) is 0 Å². The molecule has 7 nitrogen and oxygen atoms in total. The van der Waals surface area contributed by atoms with Crippen molar-refractivity contribution in [2.75, 3.05) is 13.7 Å². The SMILES string of the molecule is CCCCCCCCCCCC(=O)NCC(=O)NN=Cc1ccc(OCc2ccccc2)c(OC)c1. The number of hydrogen-bond donors (Lipinski definition) is 2. The maximum absolute atomic E-state index is 12.0. The highest BCUT2D eigenvalue weighted by atomic mass is 16.5. The number of benzene rings is 2. The summed E-state index contributed by atoms with van der Waals surface area (Å²) in [5.74, 6) is 0.719. The van der Waals surface area contributed by atoms with Gasteiger partial charge in [0.1, 0.15) is 6.61 Å². The average molecular weight is 496 g/mol. The van der Waals surface area contributed by atoms with Crippen LogP contribution in [0.3, 0.4) is 0 Å². The third-order valence-corrected chi connectivity index (χ3v) is 5.78. The fraction of sp³-hybridized carbons (Fsp3) is 0.483. The summed E-state index contributed by atoms with van der Waals surface area (Å²) < 4.78 is 11.3. The van der Waals surface area contributed by atoms with Crippen LogP contribution < -0.4 is 20.2 Å². The largest absolute Gasteiger partial charge is 0.493 e. The lowest BCUT2D eigenvalue weighted by Gasteiger charge is -2.11. The number of hydrazone groups is 1. The van der Waals surface area contributed by atoms with Crippen LogP contribution in [-0.2, 0) is 16.2 Å². The summed E-state index contributed by atoms with van der Waals surface area (Å²) in [7, 11) is 1.57. The van der Waals surface area contributed by atoms with E-state index < -0.39 is 0 Å². The second kappa shape index (κ2) is 18.0. The minimum absolute atomic E-state index is 0.0941. The molecule has 196 valence electrons. The van der Waals surface area contributed by atoms with Gasteiger partial charge in [-0.15, -0.1) is 0 Å². The van der Waals surface area contributed by atoms with Gasteiger partial charge in [0.15, 0.2) is 11.5 Å². The third kappa shape index (κ3) is 12.4. The van der Waals surface area contributed by atoms with E-state index in [4.69, 9.17) is 9.47 Å². The first-order valence-corrected chi connectivity index (χ1v) is 13.1. The van der Waals surface area contributed by atoms with Gasteiger partial charge < -0.3 is 14.8 Å².